The number of nitrogens with zero attached hydrogens (tertiary/aromatic N) is 1. The van der Waals surface area contributed by atoms with E-state index >= 15 is 0 Å². The van der Waals surface area contributed by atoms with Crippen molar-refractivity contribution in [2.24, 2.45) is 0 Å². The van der Waals surface area contributed by atoms with Crippen LogP contribution in [0.2, 0.25) is 0 Å². The molecule has 1 amide bonds. The molecule has 0 aromatic carbocycles. The second kappa shape index (κ2) is 7.93. The van der Waals surface area contributed by atoms with Gasteiger partial charge in [0.2, 0.25) is 0 Å². The minimum atomic E-state index is -0.469. The summed E-state index contributed by atoms with van der Waals surface area (Å²) in [6.07, 6.45) is 3.71. The van der Waals surface area contributed by atoms with Gasteiger partial charge in [-0.1, -0.05) is 29.9 Å². The summed E-state index contributed by atoms with van der Waals surface area (Å²) >= 11 is 0. The molecule has 3 heteroatoms. The highest BCUT2D eigenvalue weighted by atomic mass is 16.6. The molecule has 0 aliphatic carbocycles. The molecular weight excluding hydrogens is 250 g/mol. The molecule has 0 spiro atoms. The van der Waals surface area contributed by atoms with Crippen molar-refractivity contribution in [3.05, 3.63) is 35.5 Å². The smallest absolute Gasteiger partial charge is 0.410 e. The second-order valence-electron chi connectivity index (χ2n) is 6.20. The second-order valence-corrected chi connectivity index (χ2v) is 6.20. The van der Waals surface area contributed by atoms with Crippen LogP contribution >= 0.6 is 0 Å². The lowest BCUT2D eigenvalue weighted by molar-refractivity contribution is 0.0278. The summed E-state index contributed by atoms with van der Waals surface area (Å²) in [7, 11) is 0. The molecule has 0 atom stereocenters. The van der Waals surface area contributed by atoms with E-state index < -0.39 is 5.60 Å². The van der Waals surface area contributed by atoms with E-state index in [0.717, 1.165) is 11.1 Å². The monoisotopic (exact) mass is 279 g/mol. The minimum Gasteiger partial charge on any atom is -0.444 e. The van der Waals surface area contributed by atoms with E-state index in [0.29, 0.717) is 13.1 Å². The third-order valence-electron chi connectivity index (χ3n) is 2.61. The topological polar surface area (TPSA) is 29.5 Å². The molecule has 0 saturated carbocycles. The quantitative estimate of drug-likeness (QED) is 0.682. The first-order valence-corrected chi connectivity index (χ1v) is 7.04. The molecule has 0 aliphatic rings. The summed E-state index contributed by atoms with van der Waals surface area (Å²) in [6.45, 7) is 18.6. The minimum absolute atomic E-state index is 0.275. The Hall–Kier alpha value is -1.51. The maximum absolute atomic E-state index is 12.1. The number of hydrogen-bond donors (Lipinski definition) is 0. The van der Waals surface area contributed by atoms with Crippen LogP contribution in [0.1, 0.15) is 48.5 Å². The van der Waals surface area contributed by atoms with Gasteiger partial charge in [-0.2, -0.15) is 0 Å². The Bertz CT molecular complexity index is 407. The van der Waals surface area contributed by atoms with Gasteiger partial charge >= 0.3 is 6.09 Å². The molecule has 0 unspecified atom stereocenters. The van der Waals surface area contributed by atoms with E-state index in [-0.39, 0.29) is 6.09 Å². The lowest BCUT2D eigenvalue weighted by atomic mass is 10.1. The zero-order chi connectivity index (χ0) is 15.9. The summed E-state index contributed by atoms with van der Waals surface area (Å²) in [4.78, 5) is 13.8. The van der Waals surface area contributed by atoms with Crippen LogP contribution in [-0.4, -0.2) is 29.7 Å². The maximum atomic E-state index is 12.1. The average Bonchev–Trinajstić information content (AvgIpc) is 2.25. The van der Waals surface area contributed by atoms with Gasteiger partial charge in [-0.3, -0.25) is 0 Å². The number of amides is 1. The highest BCUT2D eigenvalue weighted by Gasteiger charge is 2.21. The van der Waals surface area contributed by atoms with Crippen LogP contribution in [0.15, 0.2) is 35.5 Å². The summed E-state index contributed by atoms with van der Waals surface area (Å²) in [5.74, 6) is 0. The first kappa shape index (κ1) is 18.5. The molecule has 0 N–H and O–H groups in total. The highest BCUT2D eigenvalue weighted by molar-refractivity contribution is 5.68. The van der Waals surface area contributed by atoms with Crippen LogP contribution in [0.3, 0.4) is 0 Å². The Morgan fingerprint density at radius 1 is 1.20 bits per heavy atom. The molecule has 0 heterocycles. The van der Waals surface area contributed by atoms with Crippen molar-refractivity contribution in [3.63, 3.8) is 0 Å². The molecule has 3 nitrogen and oxygen atoms in total. The van der Waals surface area contributed by atoms with Gasteiger partial charge in [-0.15, -0.1) is 0 Å². The molecule has 0 aromatic rings. The molecule has 0 rings (SSSR count). The summed E-state index contributed by atoms with van der Waals surface area (Å²) in [5.41, 5.74) is 2.82. The van der Waals surface area contributed by atoms with E-state index in [1.807, 2.05) is 60.6 Å². The van der Waals surface area contributed by atoms with Crippen molar-refractivity contribution >= 4 is 6.09 Å². The third kappa shape index (κ3) is 7.82. The molecular formula is C17H29NO2. The Balaban J connectivity index is 4.96. The van der Waals surface area contributed by atoms with Gasteiger partial charge in [0.1, 0.15) is 5.60 Å². The number of allylic oxidation sites excluding steroid dienone is 3. The fourth-order valence-corrected chi connectivity index (χ4v) is 1.46. The summed E-state index contributed by atoms with van der Waals surface area (Å²) in [6, 6.07) is 0. The fraction of sp³-hybridized carbons (Fsp3) is 0.588. The molecule has 0 radical (unpaired) electrons. The van der Waals surface area contributed by atoms with Crippen LogP contribution in [0.4, 0.5) is 4.79 Å². The Kier molecular flexibility index (Phi) is 7.33. The standard InChI is InChI=1S/C17H29NO2/c1-9-18(16(19)20-17(6,7)8)12-15(14(4)5)11-10-13(2)3/h10-11H,2,9,12H2,1,3-8H3/b11-10-. The highest BCUT2D eigenvalue weighted by Crippen LogP contribution is 2.14. The Labute approximate surface area is 124 Å². The Morgan fingerprint density at radius 2 is 1.75 bits per heavy atom. The van der Waals surface area contributed by atoms with E-state index in [9.17, 15) is 4.79 Å². The van der Waals surface area contributed by atoms with Crippen LogP contribution < -0.4 is 0 Å². The van der Waals surface area contributed by atoms with Crippen molar-refractivity contribution in [1.82, 2.24) is 4.90 Å². The predicted octanol–water partition coefficient (Wildman–Crippen LogP) is 4.71. The van der Waals surface area contributed by atoms with E-state index in [4.69, 9.17) is 4.74 Å². The molecule has 0 aromatic heterocycles. The normalized spacial score (nSPS) is 11.3. The van der Waals surface area contributed by atoms with Gasteiger partial charge in [0.05, 0.1) is 0 Å². The van der Waals surface area contributed by atoms with E-state index in [2.05, 4.69) is 6.58 Å². The maximum Gasteiger partial charge on any atom is 0.410 e. The number of rotatable bonds is 5. The van der Waals surface area contributed by atoms with Crippen LogP contribution in [-0.2, 0) is 4.74 Å². The zero-order valence-corrected chi connectivity index (χ0v) is 14.0. The first-order chi connectivity index (χ1) is 9.06. The van der Waals surface area contributed by atoms with E-state index in [1.165, 1.54) is 5.57 Å². The third-order valence-corrected chi connectivity index (χ3v) is 2.61. The van der Waals surface area contributed by atoms with Crippen LogP contribution in [0, 0.1) is 0 Å². The Morgan fingerprint density at radius 3 is 2.10 bits per heavy atom. The van der Waals surface area contributed by atoms with Gasteiger partial charge in [0.15, 0.2) is 0 Å². The van der Waals surface area contributed by atoms with Crippen LogP contribution in [0.25, 0.3) is 0 Å². The van der Waals surface area contributed by atoms with Gasteiger partial charge in [0.25, 0.3) is 0 Å². The lowest BCUT2D eigenvalue weighted by Crippen LogP contribution is -2.37. The largest absolute Gasteiger partial charge is 0.444 e. The number of carbonyl (C=O) groups is 1. The zero-order valence-electron chi connectivity index (χ0n) is 14.0. The molecule has 20 heavy (non-hydrogen) atoms. The summed E-state index contributed by atoms with van der Waals surface area (Å²) in [5, 5.41) is 0. The summed E-state index contributed by atoms with van der Waals surface area (Å²) < 4.78 is 5.42. The first-order valence-electron chi connectivity index (χ1n) is 7.04. The van der Waals surface area contributed by atoms with Crippen molar-refractivity contribution in [2.75, 3.05) is 13.1 Å². The molecule has 114 valence electrons. The predicted molar refractivity (Wildman–Crippen MR) is 85.8 cm³/mol. The number of likely N-dealkylation sites (N-methyl/N-ethyl adjacent to an activating group) is 1. The molecule has 0 fully saturated rings. The van der Waals surface area contributed by atoms with E-state index in [1.54, 1.807) is 4.90 Å². The number of hydrogen-bond acceptors (Lipinski definition) is 2. The van der Waals surface area contributed by atoms with Crippen molar-refractivity contribution in [3.8, 4) is 0 Å². The van der Waals surface area contributed by atoms with Gasteiger partial charge in [-0.05, 0) is 54.0 Å². The van der Waals surface area contributed by atoms with Crippen molar-refractivity contribution in [1.29, 1.82) is 0 Å². The molecule has 0 aliphatic heterocycles. The van der Waals surface area contributed by atoms with Crippen LogP contribution in [0.5, 0.6) is 0 Å². The molecule has 0 bridgehead atoms. The molecule has 0 saturated heterocycles. The van der Waals surface area contributed by atoms with Gasteiger partial charge in [-0.25, -0.2) is 4.79 Å². The number of carbonyl (C=O) groups excluding carboxylic acids is 1. The average molecular weight is 279 g/mol. The van der Waals surface area contributed by atoms with Crippen molar-refractivity contribution in [2.45, 2.75) is 54.1 Å². The SMILES string of the molecule is C=C(C)/C=C\C(CN(CC)C(=O)OC(C)(C)C)=C(C)C. The fourth-order valence-electron chi connectivity index (χ4n) is 1.46. The van der Waals surface area contributed by atoms with Gasteiger partial charge in [0, 0.05) is 13.1 Å². The van der Waals surface area contributed by atoms with Crippen molar-refractivity contribution < 1.29 is 9.53 Å². The lowest BCUT2D eigenvalue weighted by Gasteiger charge is -2.27. The number of ether oxygens (including phenoxy) is 1. The van der Waals surface area contributed by atoms with Gasteiger partial charge < -0.3 is 9.64 Å².